The van der Waals surface area contributed by atoms with Crippen LogP contribution >= 0.6 is 0 Å². The lowest BCUT2D eigenvalue weighted by Gasteiger charge is -2.12. The van der Waals surface area contributed by atoms with Gasteiger partial charge in [0.1, 0.15) is 5.75 Å². The van der Waals surface area contributed by atoms with E-state index < -0.39 is 30.2 Å². The highest BCUT2D eigenvalue weighted by atomic mass is 19.4. The number of halogens is 6. The summed E-state index contributed by atoms with van der Waals surface area (Å²) < 4.78 is 81.5. The van der Waals surface area contributed by atoms with E-state index in [2.05, 4.69) is 9.72 Å². The summed E-state index contributed by atoms with van der Waals surface area (Å²) in [6.45, 7) is -1.47. The molecule has 148 valence electrons. The van der Waals surface area contributed by atoms with Crippen molar-refractivity contribution in [1.29, 1.82) is 0 Å². The Labute approximate surface area is 154 Å². The third-order valence-electron chi connectivity index (χ3n) is 3.91. The van der Waals surface area contributed by atoms with E-state index in [-0.39, 0.29) is 16.8 Å². The average molecular weight is 402 g/mol. The van der Waals surface area contributed by atoms with E-state index in [0.29, 0.717) is 11.1 Å². The molecule has 0 aliphatic carbocycles. The first kappa shape index (κ1) is 19.7. The van der Waals surface area contributed by atoms with Crippen LogP contribution in [0.25, 0.3) is 22.2 Å². The van der Waals surface area contributed by atoms with Crippen LogP contribution in [0.2, 0.25) is 0 Å². The molecule has 4 nitrogen and oxygen atoms in total. The summed E-state index contributed by atoms with van der Waals surface area (Å²) in [4.78, 5) is 15.3. The average Bonchev–Trinajstić information content (AvgIpc) is 2.61. The number of aromatic nitrogens is 2. The van der Waals surface area contributed by atoms with Gasteiger partial charge in [-0.25, -0.2) is 4.98 Å². The highest BCUT2D eigenvalue weighted by molar-refractivity contribution is 5.82. The van der Waals surface area contributed by atoms with Crippen LogP contribution in [0.5, 0.6) is 5.75 Å². The van der Waals surface area contributed by atoms with Gasteiger partial charge in [0.15, 0.2) is 6.61 Å². The topological polar surface area (TPSA) is 44.1 Å². The van der Waals surface area contributed by atoms with Gasteiger partial charge in [-0.3, -0.25) is 4.79 Å². The van der Waals surface area contributed by atoms with Crippen molar-refractivity contribution >= 4 is 11.0 Å². The molecule has 3 aromatic rings. The first-order valence-corrected chi connectivity index (χ1v) is 7.84. The quantitative estimate of drug-likeness (QED) is 0.604. The van der Waals surface area contributed by atoms with Gasteiger partial charge >= 0.3 is 12.4 Å². The number of rotatable bonds is 3. The first-order chi connectivity index (χ1) is 13.0. The Balaban J connectivity index is 2.05. The largest absolute Gasteiger partial charge is 0.484 e. The van der Waals surface area contributed by atoms with E-state index in [4.69, 9.17) is 0 Å². The normalized spacial score (nSPS) is 12.4. The number of ether oxygens (including phenoxy) is 1. The molecular weight excluding hydrogens is 390 g/mol. The van der Waals surface area contributed by atoms with Crippen LogP contribution < -0.4 is 10.3 Å². The molecule has 28 heavy (non-hydrogen) atoms. The lowest BCUT2D eigenvalue weighted by atomic mass is 10.0. The minimum Gasteiger partial charge on any atom is -0.484 e. The van der Waals surface area contributed by atoms with Crippen molar-refractivity contribution in [2.45, 2.75) is 12.4 Å². The number of hydrogen-bond donors (Lipinski definition) is 0. The fraction of sp³-hybridized carbons (Fsp3) is 0.222. The fourth-order valence-electron chi connectivity index (χ4n) is 2.63. The molecular formula is C18H12F6N2O2. The van der Waals surface area contributed by atoms with Gasteiger partial charge < -0.3 is 9.30 Å². The number of hydrogen-bond acceptors (Lipinski definition) is 3. The van der Waals surface area contributed by atoms with Crippen LogP contribution in [-0.4, -0.2) is 22.3 Å². The van der Waals surface area contributed by atoms with Crippen LogP contribution in [0.15, 0.2) is 47.3 Å². The molecule has 0 aliphatic heterocycles. The van der Waals surface area contributed by atoms with Crippen LogP contribution in [0, 0.1) is 0 Å². The van der Waals surface area contributed by atoms with Crippen LogP contribution in [0.1, 0.15) is 5.69 Å². The Morgan fingerprint density at radius 2 is 1.68 bits per heavy atom. The second-order valence-corrected chi connectivity index (χ2v) is 5.96. The van der Waals surface area contributed by atoms with Gasteiger partial charge in [-0.15, -0.1) is 0 Å². The van der Waals surface area contributed by atoms with Crippen LogP contribution in [-0.2, 0) is 13.2 Å². The highest BCUT2D eigenvalue weighted by Crippen LogP contribution is 2.29. The number of fused-ring (bicyclic) bond motifs is 1. The summed E-state index contributed by atoms with van der Waals surface area (Å²) in [6, 6.07) is 9.96. The summed E-state index contributed by atoms with van der Waals surface area (Å²) >= 11 is 0. The Hall–Kier alpha value is -3.04. The molecule has 0 atom stereocenters. The van der Waals surface area contributed by atoms with Gasteiger partial charge in [0.05, 0.1) is 11.0 Å². The van der Waals surface area contributed by atoms with Crippen molar-refractivity contribution < 1.29 is 31.1 Å². The molecule has 1 heterocycles. The minimum atomic E-state index is -4.91. The Morgan fingerprint density at radius 1 is 1.00 bits per heavy atom. The van der Waals surface area contributed by atoms with Crippen molar-refractivity contribution in [3.63, 3.8) is 0 Å². The monoisotopic (exact) mass is 402 g/mol. The summed E-state index contributed by atoms with van der Waals surface area (Å²) in [5.41, 5.74) is -1.87. The van der Waals surface area contributed by atoms with E-state index in [9.17, 15) is 31.1 Å². The van der Waals surface area contributed by atoms with Crippen molar-refractivity contribution in [1.82, 2.24) is 9.55 Å². The van der Waals surface area contributed by atoms with Gasteiger partial charge in [0.2, 0.25) is 5.69 Å². The lowest BCUT2D eigenvalue weighted by Crippen LogP contribution is -2.29. The molecule has 3 rings (SSSR count). The van der Waals surface area contributed by atoms with Gasteiger partial charge in [-0.05, 0) is 35.4 Å². The molecule has 1 aromatic heterocycles. The minimum absolute atomic E-state index is 0.0423. The third kappa shape index (κ3) is 4.10. The van der Waals surface area contributed by atoms with E-state index in [1.807, 2.05) is 0 Å². The molecule has 0 amide bonds. The highest BCUT2D eigenvalue weighted by Gasteiger charge is 2.37. The predicted molar refractivity (Wildman–Crippen MR) is 89.0 cm³/mol. The van der Waals surface area contributed by atoms with E-state index in [0.717, 1.165) is 4.57 Å². The van der Waals surface area contributed by atoms with Crippen molar-refractivity contribution in [2.24, 2.45) is 7.05 Å². The second-order valence-electron chi connectivity index (χ2n) is 5.96. The van der Waals surface area contributed by atoms with Gasteiger partial charge in [-0.1, -0.05) is 18.2 Å². The number of aryl methyl sites for hydroxylation is 1. The second kappa shape index (κ2) is 6.84. The molecule has 2 aromatic carbocycles. The molecule has 10 heteroatoms. The molecule has 0 saturated heterocycles. The number of alkyl halides is 6. The van der Waals surface area contributed by atoms with E-state index in [1.165, 1.54) is 43.4 Å². The molecule has 0 fully saturated rings. The Bertz CT molecular complexity index is 1090. The third-order valence-corrected chi connectivity index (χ3v) is 3.91. The zero-order chi connectivity index (χ0) is 20.7. The molecule has 0 saturated carbocycles. The SMILES string of the molecule is Cn1c(=O)c(C(F)(F)F)nc2cc(-c3cccc(OCC(F)(F)F)c3)ccc21. The lowest BCUT2D eigenvalue weighted by molar-refractivity contribution is -0.153. The summed E-state index contributed by atoms with van der Waals surface area (Å²) in [5, 5.41) is 0. The van der Waals surface area contributed by atoms with Crippen LogP contribution in [0.3, 0.4) is 0 Å². The smallest absolute Gasteiger partial charge is 0.438 e. The maximum absolute atomic E-state index is 13.0. The van der Waals surface area contributed by atoms with Gasteiger partial charge in [-0.2, -0.15) is 26.3 Å². The number of nitrogens with zero attached hydrogens (tertiary/aromatic N) is 2. The number of benzene rings is 2. The van der Waals surface area contributed by atoms with Gasteiger partial charge in [0, 0.05) is 7.05 Å². The zero-order valence-electron chi connectivity index (χ0n) is 14.2. The Kier molecular flexibility index (Phi) is 4.82. The van der Waals surface area contributed by atoms with Gasteiger partial charge in [0.25, 0.3) is 5.56 Å². The fourth-order valence-corrected chi connectivity index (χ4v) is 2.63. The molecule has 0 N–H and O–H groups in total. The summed E-state index contributed by atoms with van der Waals surface area (Å²) in [5.74, 6) is -0.0423. The standard InChI is InChI=1S/C18H12F6N2O2/c1-26-14-6-5-11(8-13(14)25-15(16(26)27)18(22,23)24)10-3-2-4-12(7-10)28-9-17(19,20)21/h2-8H,9H2,1H3. The predicted octanol–water partition coefficient (Wildman–Crippen LogP) is 4.56. The first-order valence-electron chi connectivity index (χ1n) is 7.84. The van der Waals surface area contributed by atoms with E-state index in [1.54, 1.807) is 6.07 Å². The van der Waals surface area contributed by atoms with Crippen molar-refractivity contribution in [3.05, 3.63) is 58.5 Å². The maximum atomic E-state index is 13.0. The zero-order valence-corrected chi connectivity index (χ0v) is 14.2. The molecule has 0 radical (unpaired) electrons. The van der Waals surface area contributed by atoms with Crippen molar-refractivity contribution in [3.8, 4) is 16.9 Å². The molecule has 0 aliphatic rings. The molecule has 0 unspecified atom stereocenters. The molecule has 0 spiro atoms. The molecule has 0 bridgehead atoms. The maximum Gasteiger partial charge on any atom is 0.438 e. The summed E-state index contributed by atoms with van der Waals surface area (Å²) in [6.07, 6.45) is -9.41. The van der Waals surface area contributed by atoms with E-state index >= 15 is 0 Å². The van der Waals surface area contributed by atoms with Crippen molar-refractivity contribution in [2.75, 3.05) is 6.61 Å². The Morgan fingerprint density at radius 3 is 2.32 bits per heavy atom. The van der Waals surface area contributed by atoms with Crippen LogP contribution in [0.4, 0.5) is 26.3 Å². The summed E-state index contributed by atoms with van der Waals surface area (Å²) in [7, 11) is 1.20.